The summed E-state index contributed by atoms with van der Waals surface area (Å²) in [4.78, 5) is 33.1. The largest absolute Gasteiger partial charge is 0.445 e. The molecule has 4 aromatic rings. The minimum atomic E-state index is -0.847. The van der Waals surface area contributed by atoms with Gasteiger partial charge < -0.3 is 20.4 Å². The standard InChI is InChI=1S/C25H24N4O3/c1-17-8-7-13-23(27-17)29-24(30)22(14-19-15-26-21-12-6-5-11-20(19)21)28-25(31)32-16-18-9-3-2-4-10-18/h2-13,15,22,26H,14,16H2,1H3,(H,28,31)(H,27,29,30). The number of para-hydroxylation sites is 1. The van der Waals surface area contributed by atoms with Gasteiger partial charge in [-0.2, -0.15) is 0 Å². The summed E-state index contributed by atoms with van der Waals surface area (Å²) in [5.41, 5.74) is 3.53. The molecule has 4 rings (SSSR count). The van der Waals surface area contributed by atoms with Crippen molar-refractivity contribution in [3.8, 4) is 0 Å². The van der Waals surface area contributed by atoms with Crippen molar-refractivity contribution in [1.82, 2.24) is 15.3 Å². The predicted molar refractivity (Wildman–Crippen MR) is 123 cm³/mol. The van der Waals surface area contributed by atoms with Crippen molar-refractivity contribution in [3.05, 3.63) is 95.8 Å². The fourth-order valence-corrected chi connectivity index (χ4v) is 3.46. The van der Waals surface area contributed by atoms with Gasteiger partial charge in [0.25, 0.3) is 0 Å². The number of hydrogen-bond donors (Lipinski definition) is 3. The summed E-state index contributed by atoms with van der Waals surface area (Å²) >= 11 is 0. The molecule has 2 heterocycles. The Balaban J connectivity index is 1.50. The van der Waals surface area contributed by atoms with Crippen molar-refractivity contribution < 1.29 is 14.3 Å². The first-order chi connectivity index (χ1) is 15.6. The quantitative estimate of drug-likeness (QED) is 0.408. The van der Waals surface area contributed by atoms with Gasteiger partial charge >= 0.3 is 6.09 Å². The highest BCUT2D eigenvalue weighted by atomic mass is 16.5. The number of amides is 2. The van der Waals surface area contributed by atoms with Crippen LogP contribution in [-0.2, 0) is 22.6 Å². The Morgan fingerprint density at radius 3 is 2.59 bits per heavy atom. The van der Waals surface area contributed by atoms with E-state index in [-0.39, 0.29) is 12.5 Å². The molecule has 0 aliphatic carbocycles. The van der Waals surface area contributed by atoms with Crippen molar-refractivity contribution in [2.45, 2.75) is 26.0 Å². The van der Waals surface area contributed by atoms with Gasteiger partial charge in [-0.15, -0.1) is 0 Å². The number of H-pyrrole nitrogens is 1. The molecule has 7 heteroatoms. The topological polar surface area (TPSA) is 96.1 Å². The van der Waals surface area contributed by atoms with Crippen LogP contribution in [0.2, 0.25) is 0 Å². The van der Waals surface area contributed by atoms with E-state index in [2.05, 4.69) is 20.6 Å². The second-order valence-corrected chi connectivity index (χ2v) is 7.48. The Bertz CT molecular complexity index is 1220. The van der Waals surface area contributed by atoms with Crippen LogP contribution < -0.4 is 10.6 Å². The van der Waals surface area contributed by atoms with E-state index in [1.807, 2.05) is 79.9 Å². The minimum Gasteiger partial charge on any atom is -0.445 e. The molecule has 0 fully saturated rings. The molecule has 162 valence electrons. The van der Waals surface area contributed by atoms with E-state index in [9.17, 15) is 9.59 Å². The predicted octanol–water partition coefficient (Wildman–Crippen LogP) is 4.35. The fraction of sp³-hybridized carbons (Fsp3) is 0.160. The van der Waals surface area contributed by atoms with Gasteiger partial charge in [0.1, 0.15) is 18.5 Å². The normalized spacial score (nSPS) is 11.7. The lowest BCUT2D eigenvalue weighted by Crippen LogP contribution is -2.45. The van der Waals surface area contributed by atoms with E-state index in [0.717, 1.165) is 27.7 Å². The number of anilines is 1. The first kappa shape index (κ1) is 21.1. The molecular weight excluding hydrogens is 404 g/mol. The molecule has 2 amide bonds. The molecule has 2 aromatic heterocycles. The highest BCUT2D eigenvalue weighted by Gasteiger charge is 2.24. The number of aromatic nitrogens is 2. The number of aryl methyl sites for hydroxylation is 1. The summed E-state index contributed by atoms with van der Waals surface area (Å²) in [7, 11) is 0. The van der Waals surface area contributed by atoms with Crippen LogP contribution in [0.4, 0.5) is 10.6 Å². The van der Waals surface area contributed by atoms with Gasteiger partial charge in [0, 0.05) is 29.2 Å². The van der Waals surface area contributed by atoms with E-state index in [1.54, 1.807) is 6.07 Å². The van der Waals surface area contributed by atoms with Crippen LogP contribution in [0.1, 0.15) is 16.8 Å². The molecule has 3 N–H and O–H groups in total. The van der Waals surface area contributed by atoms with Gasteiger partial charge in [0.15, 0.2) is 0 Å². The second-order valence-electron chi connectivity index (χ2n) is 7.48. The Morgan fingerprint density at radius 1 is 1.00 bits per heavy atom. The van der Waals surface area contributed by atoms with E-state index in [4.69, 9.17) is 4.74 Å². The van der Waals surface area contributed by atoms with Crippen LogP contribution in [0, 0.1) is 6.92 Å². The van der Waals surface area contributed by atoms with E-state index < -0.39 is 12.1 Å². The van der Waals surface area contributed by atoms with Gasteiger partial charge in [-0.3, -0.25) is 4.79 Å². The maximum absolute atomic E-state index is 13.1. The number of hydrogen-bond acceptors (Lipinski definition) is 4. The van der Waals surface area contributed by atoms with Crippen LogP contribution in [0.25, 0.3) is 10.9 Å². The van der Waals surface area contributed by atoms with Crippen molar-refractivity contribution in [2.24, 2.45) is 0 Å². The molecule has 0 spiro atoms. The van der Waals surface area contributed by atoms with Gasteiger partial charge in [0.2, 0.25) is 5.91 Å². The van der Waals surface area contributed by atoms with Crippen LogP contribution in [0.5, 0.6) is 0 Å². The monoisotopic (exact) mass is 428 g/mol. The van der Waals surface area contributed by atoms with Crippen molar-refractivity contribution in [2.75, 3.05) is 5.32 Å². The first-order valence-corrected chi connectivity index (χ1v) is 10.4. The molecule has 2 aromatic carbocycles. The van der Waals surface area contributed by atoms with Gasteiger partial charge in [-0.1, -0.05) is 54.6 Å². The Labute approximate surface area is 185 Å². The number of nitrogens with zero attached hydrogens (tertiary/aromatic N) is 1. The van der Waals surface area contributed by atoms with Crippen molar-refractivity contribution in [3.63, 3.8) is 0 Å². The lowest BCUT2D eigenvalue weighted by Gasteiger charge is -2.18. The van der Waals surface area contributed by atoms with Crippen LogP contribution in [0.15, 0.2) is 79.0 Å². The maximum Gasteiger partial charge on any atom is 0.408 e. The summed E-state index contributed by atoms with van der Waals surface area (Å²) in [5.74, 6) is 0.0587. The summed E-state index contributed by atoms with van der Waals surface area (Å²) in [6, 6.07) is 21.7. The highest BCUT2D eigenvalue weighted by molar-refractivity contribution is 5.96. The van der Waals surface area contributed by atoms with Crippen LogP contribution >= 0.6 is 0 Å². The highest BCUT2D eigenvalue weighted by Crippen LogP contribution is 2.19. The zero-order chi connectivity index (χ0) is 22.3. The molecule has 0 aliphatic rings. The van der Waals surface area contributed by atoms with Crippen LogP contribution in [-0.4, -0.2) is 28.0 Å². The van der Waals surface area contributed by atoms with E-state index in [0.29, 0.717) is 12.2 Å². The minimum absolute atomic E-state index is 0.119. The third-order valence-electron chi connectivity index (χ3n) is 5.06. The molecule has 0 radical (unpaired) electrons. The average Bonchev–Trinajstić information content (AvgIpc) is 3.21. The number of nitrogens with one attached hydrogen (secondary N) is 3. The zero-order valence-electron chi connectivity index (χ0n) is 17.7. The molecule has 32 heavy (non-hydrogen) atoms. The molecule has 7 nitrogen and oxygen atoms in total. The molecule has 1 unspecified atom stereocenters. The summed E-state index contributed by atoms with van der Waals surface area (Å²) in [5, 5.41) is 6.50. The number of carbonyl (C=O) groups is 2. The molecule has 0 saturated carbocycles. The van der Waals surface area contributed by atoms with Crippen LogP contribution in [0.3, 0.4) is 0 Å². The summed E-state index contributed by atoms with van der Waals surface area (Å²) < 4.78 is 5.33. The maximum atomic E-state index is 13.1. The lowest BCUT2D eigenvalue weighted by molar-refractivity contribution is -0.118. The first-order valence-electron chi connectivity index (χ1n) is 10.4. The Hall–Kier alpha value is -4.13. The third-order valence-corrected chi connectivity index (χ3v) is 5.06. The number of benzene rings is 2. The summed E-state index contributed by atoms with van der Waals surface area (Å²) in [6.45, 7) is 1.96. The number of pyridine rings is 1. The number of rotatable bonds is 7. The van der Waals surface area contributed by atoms with Gasteiger partial charge in [0.05, 0.1) is 0 Å². The third kappa shape index (κ3) is 5.31. The fourth-order valence-electron chi connectivity index (χ4n) is 3.46. The van der Waals surface area contributed by atoms with Gasteiger partial charge in [-0.05, 0) is 36.2 Å². The smallest absolute Gasteiger partial charge is 0.408 e. The van der Waals surface area contributed by atoms with Crippen molar-refractivity contribution >= 4 is 28.7 Å². The summed E-state index contributed by atoms with van der Waals surface area (Å²) in [6.07, 6.45) is 1.49. The number of carbonyl (C=O) groups excluding carboxylic acids is 2. The zero-order valence-corrected chi connectivity index (χ0v) is 17.7. The van der Waals surface area contributed by atoms with E-state index >= 15 is 0 Å². The van der Waals surface area contributed by atoms with Crippen molar-refractivity contribution in [1.29, 1.82) is 0 Å². The Kier molecular flexibility index (Phi) is 6.46. The number of fused-ring (bicyclic) bond motifs is 1. The number of ether oxygens (including phenoxy) is 1. The Morgan fingerprint density at radius 2 is 1.78 bits per heavy atom. The second kappa shape index (κ2) is 9.78. The average molecular weight is 428 g/mol. The molecule has 0 saturated heterocycles. The number of alkyl carbamates (subject to hydrolysis) is 1. The lowest BCUT2D eigenvalue weighted by atomic mass is 10.0. The molecule has 0 aliphatic heterocycles. The van der Waals surface area contributed by atoms with Gasteiger partial charge in [-0.25, -0.2) is 9.78 Å². The molecule has 0 bridgehead atoms. The molecule has 1 atom stereocenters. The van der Waals surface area contributed by atoms with E-state index in [1.165, 1.54) is 0 Å². The number of aromatic amines is 1. The molecular formula is C25H24N4O3. The SMILES string of the molecule is Cc1cccc(NC(=O)C(Cc2c[nH]c3ccccc23)NC(=O)OCc2ccccc2)n1.